The zero-order chi connectivity index (χ0) is 16.5. The van der Waals surface area contributed by atoms with Gasteiger partial charge in [-0.2, -0.15) is 0 Å². The summed E-state index contributed by atoms with van der Waals surface area (Å²) in [6.07, 6.45) is 2.28. The summed E-state index contributed by atoms with van der Waals surface area (Å²) >= 11 is 0. The number of fused-ring (bicyclic) bond motifs is 1. The second-order valence-electron chi connectivity index (χ2n) is 6.25. The van der Waals surface area contributed by atoms with E-state index < -0.39 is 0 Å². The number of amides is 2. The number of rotatable bonds is 4. The summed E-state index contributed by atoms with van der Waals surface area (Å²) in [4.78, 5) is 24.0. The highest BCUT2D eigenvalue weighted by atomic mass is 16.5. The Bertz CT molecular complexity index is 784. The van der Waals surface area contributed by atoms with Gasteiger partial charge in [0.05, 0.1) is 11.7 Å². The molecular formula is C19H18N2O3. The SMILES string of the molecule is O=C1COc2cc(C(=O)NC(c3ccccc3)C3CC3)ccc2N1. The Morgan fingerprint density at radius 1 is 1.17 bits per heavy atom. The molecule has 5 heteroatoms. The average molecular weight is 322 g/mol. The number of hydrogen-bond acceptors (Lipinski definition) is 3. The maximum atomic E-state index is 12.7. The Labute approximate surface area is 140 Å². The van der Waals surface area contributed by atoms with Crippen LogP contribution in [0.25, 0.3) is 0 Å². The summed E-state index contributed by atoms with van der Waals surface area (Å²) < 4.78 is 5.38. The highest BCUT2D eigenvalue weighted by molar-refractivity contribution is 5.99. The number of carbonyl (C=O) groups is 2. The van der Waals surface area contributed by atoms with Gasteiger partial charge >= 0.3 is 0 Å². The van der Waals surface area contributed by atoms with Gasteiger partial charge in [-0.3, -0.25) is 9.59 Å². The highest BCUT2D eigenvalue weighted by Crippen LogP contribution is 2.41. The number of anilines is 1. The number of benzene rings is 2. The van der Waals surface area contributed by atoms with Crippen molar-refractivity contribution >= 4 is 17.5 Å². The lowest BCUT2D eigenvalue weighted by Crippen LogP contribution is -2.30. The van der Waals surface area contributed by atoms with Crippen molar-refractivity contribution in [2.45, 2.75) is 18.9 Å². The topological polar surface area (TPSA) is 67.4 Å². The van der Waals surface area contributed by atoms with Crippen LogP contribution in [0.15, 0.2) is 48.5 Å². The molecule has 2 aliphatic rings. The van der Waals surface area contributed by atoms with E-state index in [-0.39, 0.29) is 24.5 Å². The third kappa shape index (κ3) is 2.97. The van der Waals surface area contributed by atoms with Crippen LogP contribution in [-0.2, 0) is 4.79 Å². The van der Waals surface area contributed by atoms with Crippen molar-refractivity contribution in [2.24, 2.45) is 5.92 Å². The fraction of sp³-hybridized carbons (Fsp3) is 0.263. The number of nitrogens with one attached hydrogen (secondary N) is 2. The Kier molecular flexibility index (Phi) is 3.69. The molecule has 0 radical (unpaired) electrons. The minimum Gasteiger partial charge on any atom is -0.482 e. The van der Waals surface area contributed by atoms with Gasteiger partial charge in [0, 0.05) is 5.56 Å². The molecule has 1 heterocycles. The summed E-state index contributed by atoms with van der Waals surface area (Å²) in [6, 6.07) is 15.2. The maximum Gasteiger partial charge on any atom is 0.262 e. The van der Waals surface area contributed by atoms with E-state index in [9.17, 15) is 9.59 Å². The molecule has 2 aromatic rings. The van der Waals surface area contributed by atoms with Gasteiger partial charge < -0.3 is 15.4 Å². The van der Waals surface area contributed by atoms with Gasteiger partial charge in [-0.05, 0) is 42.5 Å². The van der Waals surface area contributed by atoms with Gasteiger partial charge in [-0.25, -0.2) is 0 Å². The zero-order valence-electron chi connectivity index (χ0n) is 13.1. The molecule has 2 N–H and O–H groups in total. The third-order valence-corrected chi connectivity index (χ3v) is 4.42. The molecule has 0 bridgehead atoms. The first kappa shape index (κ1) is 14.8. The second kappa shape index (κ2) is 6.00. The van der Waals surface area contributed by atoms with Crippen LogP contribution >= 0.6 is 0 Å². The molecule has 1 atom stereocenters. The monoisotopic (exact) mass is 322 g/mol. The lowest BCUT2D eigenvalue weighted by molar-refractivity contribution is -0.118. The standard InChI is InChI=1S/C19H18N2O3/c22-17-11-24-16-10-14(8-9-15(16)20-17)19(23)21-18(13-6-7-13)12-4-2-1-3-5-12/h1-5,8-10,13,18H,6-7,11H2,(H,20,22)(H,21,23). The van der Waals surface area contributed by atoms with E-state index in [1.165, 1.54) is 0 Å². The van der Waals surface area contributed by atoms with E-state index in [0.717, 1.165) is 18.4 Å². The smallest absolute Gasteiger partial charge is 0.262 e. The number of ether oxygens (including phenoxy) is 1. The van der Waals surface area contributed by atoms with Gasteiger partial charge in [-0.1, -0.05) is 30.3 Å². The lowest BCUT2D eigenvalue weighted by Gasteiger charge is -2.21. The Morgan fingerprint density at radius 2 is 1.96 bits per heavy atom. The van der Waals surface area contributed by atoms with Crippen molar-refractivity contribution in [1.82, 2.24) is 5.32 Å². The summed E-state index contributed by atoms with van der Waals surface area (Å²) in [5.41, 5.74) is 2.27. The molecule has 0 saturated heterocycles. The van der Waals surface area contributed by atoms with Crippen molar-refractivity contribution in [1.29, 1.82) is 0 Å². The Morgan fingerprint density at radius 3 is 2.71 bits per heavy atom. The molecule has 4 rings (SSSR count). The van der Waals surface area contributed by atoms with Gasteiger partial charge in [0.25, 0.3) is 11.8 Å². The normalized spacial score (nSPS) is 17.2. The zero-order valence-corrected chi connectivity index (χ0v) is 13.1. The van der Waals surface area contributed by atoms with Crippen molar-refractivity contribution in [2.75, 3.05) is 11.9 Å². The van der Waals surface area contributed by atoms with E-state index in [1.54, 1.807) is 18.2 Å². The molecule has 1 saturated carbocycles. The fourth-order valence-electron chi connectivity index (χ4n) is 3.00. The summed E-state index contributed by atoms with van der Waals surface area (Å²) in [6.45, 7) is -0.0210. The third-order valence-electron chi connectivity index (χ3n) is 4.42. The maximum absolute atomic E-state index is 12.7. The Balaban J connectivity index is 1.54. The molecule has 1 unspecified atom stereocenters. The minimum atomic E-state index is -0.183. The first-order chi connectivity index (χ1) is 11.7. The molecule has 1 aliphatic heterocycles. The van der Waals surface area contributed by atoms with Crippen LogP contribution in [0.4, 0.5) is 5.69 Å². The first-order valence-corrected chi connectivity index (χ1v) is 8.13. The Hall–Kier alpha value is -2.82. The molecule has 2 amide bonds. The minimum absolute atomic E-state index is 0.0210. The van der Waals surface area contributed by atoms with Crippen molar-refractivity contribution < 1.29 is 14.3 Å². The summed E-state index contributed by atoms with van der Waals surface area (Å²) in [7, 11) is 0. The van der Waals surface area contributed by atoms with Crippen molar-refractivity contribution in [3.63, 3.8) is 0 Å². The number of hydrogen-bond donors (Lipinski definition) is 2. The average Bonchev–Trinajstić information content (AvgIpc) is 3.44. The van der Waals surface area contributed by atoms with Gasteiger partial charge in [0.2, 0.25) is 0 Å². The molecule has 1 aliphatic carbocycles. The first-order valence-electron chi connectivity index (χ1n) is 8.13. The molecule has 1 fully saturated rings. The van der Waals surface area contributed by atoms with E-state index in [1.807, 2.05) is 18.2 Å². The largest absolute Gasteiger partial charge is 0.482 e. The van der Waals surface area contributed by atoms with Crippen molar-refractivity contribution in [3.05, 3.63) is 59.7 Å². The molecular weight excluding hydrogens is 304 g/mol. The lowest BCUT2D eigenvalue weighted by atomic mass is 10.0. The van der Waals surface area contributed by atoms with Gasteiger partial charge in [0.15, 0.2) is 6.61 Å². The molecule has 24 heavy (non-hydrogen) atoms. The quantitative estimate of drug-likeness (QED) is 0.909. The van der Waals surface area contributed by atoms with Crippen molar-refractivity contribution in [3.8, 4) is 5.75 Å². The van der Waals surface area contributed by atoms with E-state index >= 15 is 0 Å². The van der Waals surface area contributed by atoms with Crippen LogP contribution in [0, 0.1) is 5.92 Å². The van der Waals surface area contributed by atoms with Gasteiger partial charge in [0.1, 0.15) is 5.75 Å². The predicted molar refractivity (Wildman–Crippen MR) is 89.9 cm³/mol. The highest BCUT2D eigenvalue weighted by Gasteiger charge is 2.33. The second-order valence-corrected chi connectivity index (χ2v) is 6.25. The van der Waals surface area contributed by atoms with E-state index in [2.05, 4.69) is 22.8 Å². The molecule has 2 aromatic carbocycles. The van der Waals surface area contributed by atoms with Crippen LogP contribution in [0.5, 0.6) is 5.75 Å². The molecule has 0 aromatic heterocycles. The number of carbonyl (C=O) groups excluding carboxylic acids is 2. The van der Waals surface area contributed by atoms with Crippen LogP contribution in [-0.4, -0.2) is 18.4 Å². The predicted octanol–water partition coefficient (Wildman–Crippen LogP) is 2.90. The fourth-order valence-corrected chi connectivity index (χ4v) is 3.00. The molecule has 5 nitrogen and oxygen atoms in total. The van der Waals surface area contributed by atoms with E-state index in [0.29, 0.717) is 22.9 Å². The molecule has 0 spiro atoms. The van der Waals surface area contributed by atoms with Crippen LogP contribution in [0.3, 0.4) is 0 Å². The molecule has 122 valence electrons. The van der Waals surface area contributed by atoms with Crippen LogP contribution < -0.4 is 15.4 Å². The van der Waals surface area contributed by atoms with Crippen LogP contribution in [0.1, 0.15) is 34.8 Å². The van der Waals surface area contributed by atoms with E-state index in [4.69, 9.17) is 4.74 Å². The van der Waals surface area contributed by atoms with Crippen LogP contribution in [0.2, 0.25) is 0 Å². The summed E-state index contributed by atoms with van der Waals surface area (Å²) in [5.74, 6) is 0.728. The van der Waals surface area contributed by atoms with Gasteiger partial charge in [-0.15, -0.1) is 0 Å². The summed E-state index contributed by atoms with van der Waals surface area (Å²) in [5, 5.41) is 5.87.